The third-order valence-electron chi connectivity index (χ3n) is 4.69. The number of likely N-dealkylation sites (N-methyl/N-ethyl adjacent to an activating group) is 1. The molecule has 6 nitrogen and oxygen atoms in total. The SMILES string of the molecule is CC(C)N1CCN(C)C(=O)C1(C)C.CC(C)N1CCNC(=O)C1. The van der Waals surface area contributed by atoms with Gasteiger partial charge < -0.3 is 10.2 Å². The largest absolute Gasteiger partial charge is 0.354 e. The van der Waals surface area contributed by atoms with Crippen molar-refractivity contribution in [1.82, 2.24) is 20.0 Å². The van der Waals surface area contributed by atoms with E-state index in [4.69, 9.17) is 0 Å². The summed E-state index contributed by atoms with van der Waals surface area (Å²) in [5, 5.41) is 2.79. The van der Waals surface area contributed by atoms with Crippen LogP contribution >= 0.6 is 0 Å². The molecule has 0 unspecified atom stereocenters. The fourth-order valence-electron chi connectivity index (χ4n) is 3.23. The monoisotopic (exact) mass is 326 g/mol. The zero-order valence-corrected chi connectivity index (χ0v) is 15.8. The van der Waals surface area contributed by atoms with E-state index >= 15 is 0 Å². The fourth-order valence-corrected chi connectivity index (χ4v) is 3.23. The summed E-state index contributed by atoms with van der Waals surface area (Å²) in [6, 6.07) is 0.929. The Morgan fingerprint density at radius 3 is 2.04 bits per heavy atom. The Morgan fingerprint density at radius 2 is 1.61 bits per heavy atom. The minimum atomic E-state index is -0.332. The summed E-state index contributed by atoms with van der Waals surface area (Å²) in [6.07, 6.45) is 0. The van der Waals surface area contributed by atoms with E-state index in [9.17, 15) is 9.59 Å². The minimum absolute atomic E-state index is 0.153. The molecule has 6 heteroatoms. The van der Waals surface area contributed by atoms with Crippen molar-refractivity contribution in [2.75, 3.05) is 39.8 Å². The topological polar surface area (TPSA) is 55.9 Å². The second-order valence-corrected chi connectivity index (χ2v) is 7.49. The lowest BCUT2D eigenvalue weighted by atomic mass is 9.96. The van der Waals surface area contributed by atoms with Gasteiger partial charge in [-0.05, 0) is 41.5 Å². The van der Waals surface area contributed by atoms with Crippen LogP contribution in [0.5, 0.6) is 0 Å². The Balaban J connectivity index is 0.000000238. The molecule has 2 heterocycles. The molecule has 0 aliphatic carbocycles. The number of amides is 2. The molecule has 2 amide bonds. The molecule has 2 aliphatic rings. The van der Waals surface area contributed by atoms with Gasteiger partial charge in [0.1, 0.15) is 0 Å². The molecule has 0 bridgehead atoms. The van der Waals surface area contributed by atoms with Crippen molar-refractivity contribution in [3.8, 4) is 0 Å². The third kappa shape index (κ3) is 5.18. The Kier molecular flexibility index (Phi) is 7.02. The molecule has 0 saturated carbocycles. The maximum absolute atomic E-state index is 11.8. The molecule has 2 aliphatic heterocycles. The van der Waals surface area contributed by atoms with Crippen LogP contribution in [0.15, 0.2) is 0 Å². The van der Waals surface area contributed by atoms with Gasteiger partial charge in [0.25, 0.3) is 0 Å². The highest BCUT2D eigenvalue weighted by Gasteiger charge is 2.41. The molecule has 0 aromatic heterocycles. The number of nitrogens with zero attached hydrogens (tertiary/aromatic N) is 3. The lowest BCUT2D eigenvalue weighted by Crippen LogP contribution is -2.63. The average Bonchev–Trinajstić information content (AvgIpc) is 2.45. The van der Waals surface area contributed by atoms with Crippen LogP contribution in [0.25, 0.3) is 0 Å². The third-order valence-corrected chi connectivity index (χ3v) is 4.69. The minimum Gasteiger partial charge on any atom is -0.354 e. The van der Waals surface area contributed by atoms with Crippen LogP contribution < -0.4 is 5.32 Å². The Morgan fingerprint density at radius 1 is 1.00 bits per heavy atom. The lowest BCUT2D eigenvalue weighted by Gasteiger charge is -2.46. The molecule has 0 radical (unpaired) electrons. The van der Waals surface area contributed by atoms with E-state index < -0.39 is 0 Å². The van der Waals surface area contributed by atoms with E-state index in [1.807, 2.05) is 25.8 Å². The van der Waals surface area contributed by atoms with E-state index in [1.54, 1.807) is 0 Å². The summed E-state index contributed by atoms with van der Waals surface area (Å²) in [7, 11) is 1.88. The summed E-state index contributed by atoms with van der Waals surface area (Å²) >= 11 is 0. The number of rotatable bonds is 2. The molecular formula is C17H34N4O2. The first-order valence-corrected chi connectivity index (χ1v) is 8.60. The highest BCUT2D eigenvalue weighted by Crippen LogP contribution is 2.23. The Labute approximate surface area is 141 Å². The quantitative estimate of drug-likeness (QED) is 0.814. The van der Waals surface area contributed by atoms with Gasteiger partial charge in [-0.25, -0.2) is 0 Å². The molecule has 0 spiro atoms. The second-order valence-electron chi connectivity index (χ2n) is 7.49. The van der Waals surface area contributed by atoms with Gasteiger partial charge in [-0.2, -0.15) is 0 Å². The van der Waals surface area contributed by atoms with Crippen molar-refractivity contribution in [3.63, 3.8) is 0 Å². The summed E-state index contributed by atoms with van der Waals surface area (Å²) in [5.41, 5.74) is -0.332. The van der Waals surface area contributed by atoms with Crippen molar-refractivity contribution in [1.29, 1.82) is 0 Å². The average molecular weight is 326 g/mol. The van der Waals surface area contributed by atoms with Gasteiger partial charge in [-0.1, -0.05) is 0 Å². The van der Waals surface area contributed by atoms with Crippen LogP contribution in [0.1, 0.15) is 41.5 Å². The van der Waals surface area contributed by atoms with E-state index in [-0.39, 0.29) is 17.4 Å². The molecule has 2 saturated heterocycles. The summed E-state index contributed by atoms with van der Waals surface area (Å²) in [6.45, 7) is 16.7. The van der Waals surface area contributed by atoms with Crippen LogP contribution in [0.2, 0.25) is 0 Å². The predicted octanol–water partition coefficient (Wildman–Crippen LogP) is 0.774. The highest BCUT2D eigenvalue weighted by molar-refractivity contribution is 5.86. The molecule has 23 heavy (non-hydrogen) atoms. The van der Waals surface area contributed by atoms with E-state index in [0.717, 1.165) is 26.2 Å². The summed E-state index contributed by atoms with van der Waals surface area (Å²) < 4.78 is 0. The smallest absolute Gasteiger partial charge is 0.242 e. The van der Waals surface area contributed by atoms with Crippen LogP contribution in [-0.4, -0.2) is 83.9 Å². The first-order valence-electron chi connectivity index (χ1n) is 8.60. The molecule has 0 aromatic rings. The van der Waals surface area contributed by atoms with Crippen LogP contribution in [-0.2, 0) is 9.59 Å². The van der Waals surface area contributed by atoms with Gasteiger partial charge in [0, 0.05) is 45.3 Å². The standard InChI is InChI=1S/C10H20N2O.C7H14N2O/c1-8(2)12-7-6-11(5)9(13)10(12,3)4;1-6(2)9-4-3-8-7(10)5-9/h8H,6-7H2,1-5H3;6H,3-5H2,1-2H3,(H,8,10). The lowest BCUT2D eigenvalue weighted by molar-refractivity contribution is -0.148. The normalized spacial score (nSPS) is 22.9. The van der Waals surface area contributed by atoms with Crippen LogP contribution in [0, 0.1) is 0 Å². The fraction of sp³-hybridized carbons (Fsp3) is 0.882. The number of carbonyl (C=O) groups excluding carboxylic acids is 2. The number of piperazine rings is 2. The maximum atomic E-state index is 11.8. The van der Waals surface area contributed by atoms with Crippen molar-refractivity contribution >= 4 is 11.8 Å². The molecule has 134 valence electrons. The maximum Gasteiger partial charge on any atom is 0.242 e. The first-order chi connectivity index (χ1) is 10.6. The highest BCUT2D eigenvalue weighted by atomic mass is 16.2. The number of nitrogens with one attached hydrogen (secondary N) is 1. The molecule has 0 aromatic carbocycles. The van der Waals surface area contributed by atoms with E-state index in [0.29, 0.717) is 18.6 Å². The zero-order chi connectivity index (χ0) is 17.8. The van der Waals surface area contributed by atoms with Crippen LogP contribution in [0.4, 0.5) is 0 Å². The predicted molar refractivity (Wildman–Crippen MR) is 93.3 cm³/mol. The van der Waals surface area contributed by atoms with Gasteiger partial charge in [-0.3, -0.25) is 19.4 Å². The molecule has 1 N–H and O–H groups in total. The second kappa shape index (κ2) is 8.11. The summed E-state index contributed by atoms with van der Waals surface area (Å²) in [5.74, 6) is 0.382. The Bertz CT molecular complexity index is 421. The Hall–Kier alpha value is -1.14. The van der Waals surface area contributed by atoms with Crippen molar-refractivity contribution in [2.24, 2.45) is 0 Å². The number of carbonyl (C=O) groups is 2. The molecular weight excluding hydrogens is 292 g/mol. The first kappa shape index (κ1) is 19.9. The van der Waals surface area contributed by atoms with E-state index in [1.165, 1.54) is 0 Å². The van der Waals surface area contributed by atoms with E-state index in [2.05, 4.69) is 42.8 Å². The number of hydrogen-bond acceptors (Lipinski definition) is 4. The van der Waals surface area contributed by atoms with Gasteiger partial charge in [0.15, 0.2) is 0 Å². The molecule has 0 atom stereocenters. The van der Waals surface area contributed by atoms with Crippen molar-refractivity contribution in [3.05, 3.63) is 0 Å². The van der Waals surface area contributed by atoms with Gasteiger partial charge in [0.2, 0.25) is 11.8 Å². The van der Waals surface area contributed by atoms with Gasteiger partial charge in [0.05, 0.1) is 12.1 Å². The summed E-state index contributed by atoms with van der Waals surface area (Å²) in [4.78, 5) is 28.9. The van der Waals surface area contributed by atoms with Crippen molar-refractivity contribution < 1.29 is 9.59 Å². The van der Waals surface area contributed by atoms with Crippen molar-refractivity contribution in [2.45, 2.75) is 59.2 Å². The zero-order valence-electron chi connectivity index (χ0n) is 15.8. The number of hydrogen-bond donors (Lipinski definition) is 1. The van der Waals surface area contributed by atoms with Gasteiger partial charge >= 0.3 is 0 Å². The van der Waals surface area contributed by atoms with Crippen LogP contribution in [0.3, 0.4) is 0 Å². The molecule has 2 rings (SSSR count). The van der Waals surface area contributed by atoms with Gasteiger partial charge in [-0.15, -0.1) is 0 Å². The molecule has 2 fully saturated rings.